The minimum atomic E-state index is -3.75. The monoisotopic (exact) mass is 562 g/mol. The number of anilines is 1. The van der Waals surface area contributed by atoms with E-state index < -0.39 is 31.1 Å². The standard InChI is InChI=1S/C25H35N6O7P/c1-5-10-36-24(34)25(3,4)30-39(35,38-11-9-18-7-6-8-19(12-18)23(32)33)16-37-17(2)13-31-15-29-20-21(26)27-14-28-22(20)31/h6-8,12,14-15,17H,5,9-11,13,16H2,1-4H3,(H,30,35)(H,32,33)(H2,26,27,28). The first-order valence-electron chi connectivity index (χ1n) is 12.5. The fourth-order valence-electron chi connectivity index (χ4n) is 3.71. The van der Waals surface area contributed by atoms with Gasteiger partial charge >= 0.3 is 11.9 Å². The Bertz CT molecular complexity index is 1350. The van der Waals surface area contributed by atoms with E-state index in [1.54, 1.807) is 43.8 Å². The average molecular weight is 563 g/mol. The number of hydrogen-bond acceptors (Lipinski definition) is 10. The van der Waals surface area contributed by atoms with E-state index in [-0.39, 0.29) is 30.9 Å². The van der Waals surface area contributed by atoms with Crippen molar-refractivity contribution in [2.75, 3.05) is 25.3 Å². The number of rotatable bonds is 15. The lowest BCUT2D eigenvalue weighted by molar-refractivity contribution is -0.149. The van der Waals surface area contributed by atoms with Crippen molar-refractivity contribution in [2.45, 2.75) is 58.7 Å². The third kappa shape index (κ3) is 8.30. The number of ether oxygens (including phenoxy) is 2. The molecule has 13 nitrogen and oxygen atoms in total. The molecule has 2 atom stereocenters. The van der Waals surface area contributed by atoms with Gasteiger partial charge < -0.3 is 29.4 Å². The number of benzene rings is 1. The summed E-state index contributed by atoms with van der Waals surface area (Å²) in [6.45, 7) is 7.34. The lowest BCUT2D eigenvalue weighted by Crippen LogP contribution is -2.47. The van der Waals surface area contributed by atoms with Crippen LogP contribution in [0.3, 0.4) is 0 Å². The van der Waals surface area contributed by atoms with Crippen LogP contribution in [0, 0.1) is 0 Å². The first-order chi connectivity index (χ1) is 18.4. The number of nitrogen functional groups attached to an aromatic ring is 1. The summed E-state index contributed by atoms with van der Waals surface area (Å²) in [5, 5.41) is 12.1. The lowest BCUT2D eigenvalue weighted by Gasteiger charge is -2.30. The molecule has 0 saturated carbocycles. The minimum Gasteiger partial charge on any atom is -0.478 e. The van der Waals surface area contributed by atoms with Crippen molar-refractivity contribution in [1.29, 1.82) is 0 Å². The Balaban J connectivity index is 1.70. The van der Waals surface area contributed by atoms with Gasteiger partial charge in [-0.3, -0.25) is 9.36 Å². The highest BCUT2D eigenvalue weighted by atomic mass is 31.2. The molecule has 212 valence electrons. The Morgan fingerprint density at radius 1 is 1.23 bits per heavy atom. The molecule has 2 heterocycles. The fraction of sp³-hybridized carbons (Fsp3) is 0.480. The quantitative estimate of drug-likeness (QED) is 0.182. The van der Waals surface area contributed by atoms with E-state index in [9.17, 15) is 19.3 Å². The van der Waals surface area contributed by atoms with Gasteiger partial charge in [-0.25, -0.2) is 24.8 Å². The van der Waals surface area contributed by atoms with Crippen LogP contribution in [0.15, 0.2) is 36.9 Å². The van der Waals surface area contributed by atoms with Crippen LogP contribution in [0.4, 0.5) is 5.82 Å². The van der Waals surface area contributed by atoms with Gasteiger partial charge in [0.05, 0.1) is 37.8 Å². The normalized spacial score (nSPS) is 14.2. The van der Waals surface area contributed by atoms with Gasteiger partial charge in [-0.2, -0.15) is 0 Å². The van der Waals surface area contributed by atoms with Gasteiger partial charge in [-0.1, -0.05) is 19.1 Å². The van der Waals surface area contributed by atoms with E-state index in [2.05, 4.69) is 20.0 Å². The molecule has 0 saturated heterocycles. The number of carboxylic acids is 1. The number of esters is 1. The Morgan fingerprint density at radius 3 is 2.72 bits per heavy atom. The molecule has 4 N–H and O–H groups in total. The van der Waals surface area contributed by atoms with E-state index in [0.29, 0.717) is 36.1 Å². The summed E-state index contributed by atoms with van der Waals surface area (Å²) in [7, 11) is -3.75. The molecule has 1 aromatic carbocycles. The topological polar surface area (TPSA) is 181 Å². The Morgan fingerprint density at radius 2 is 2.00 bits per heavy atom. The highest BCUT2D eigenvalue weighted by Gasteiger charge is 2.38. The SMILES string of the molecule is CCCOC(=O)C(C)(C)NP(=O)(COC(C)Cn1cnc2c(N)ncnc21)OCCc1cccc(C(=O)O)c1. The van der Waals surface area contributed by atoms with Crippen molar-refractivity contribution in [1.82, 2.24) is 24.6 Å². The van der Waals surface area contributed by atoms with Crippen LogP contribution in [-0.4, -0.2) is 67.8 Å². The Hall–Kier alpha value is -3.38. The Labute approximate surface area is 226 Å². The summed E-state index contributed by atoms with van der Waals surface area (Å²) in [6, 6.07) is 6.40. The number of hydrogen-bond donors (Lipinski definition) is 3. The smallest absolute Gasteiger partial charge is 0.335 e. The molecule has 2 unspecified atom stereocenters. The van der Waals surface area contributed by atoms with Crippen LogP contribution in [-0.2, 0) is 36.3 Å². The van der Waals surface area contributed by atoms with E-state index in [0.717, 1.165) is 0 Å². The number of carbonyl (C=O) groups is 2. The van der Waals surface area contributed by atoms with Crippen LogP contribution in [0.2, 0.25) is 0 Å². The van der Waals surface area contributed by atoms with Crippen LogP contribution in [0.25, 0.3) is 11.2 Å². The van der Waals surface area contributed by atoms with Crippen molar-refractivity contribution in [3.05, 3.63) is 48.0 Å². The van der Waals surface area contributed by atoms with Crippen molar-refractivity contribution in [2.24, 2.45) is 0 Å². The largest absolute Gasteiger partial charge is 0.478 e. The zero-order valence-electron chi connectivity index (χ0n) is 22.5. The number of carbonyl (C=O) groups excluding carboxylic acids is 1. The zero-order chi connectivity index (χ0) is 28.6. The van der Waals surface area contributed by atoms with Crippen molar-refractivity contribution < 1.29 is 33.3 Å². The van der Waals surface area contributed by atoms with E-state index >= 15 is 0 Å². The van der Waals surface area contributed by atoms with Gasteiger partial charge in [0.1, 0.15) is 23.7 Å². The van der Waals surface area contributed by atoms with Gasteiger partial charge in [0.2, 0.25) is 0 Å². The molecular formula is C25H35N6O7P. The number of nitrogens with two attached hydrogens (primary N) is 1. The number of aromatic carboxylic acids is 1. The van der Waals surface area contributed by atoms with Gasteiger partial charge in [0, 0.05) is 0 Å². The Kier molecular flexibility index (Phi) is 10.1. The highest BCUT2D eigenvalue weighted by molar-refractivity contribution is 7.56. The van der Waals surface area contributed by atoms with Crippen LogP contribution >= 0.6 is 7.52 Å². The maximum Gasteiger partial charge on any atom is 0.335 e. The molecule has 0 bridgehead atoms. The van der Waals surface area contributed by atoms with Crippen LogP contribution in [0.1, 0.15) is 50.0 Å². The predicted molar refractivity (Wildman–Crippen MR) is 144 cm³/mol. The van der Waals surface area contributed by atoms with Gasteiger partial charge in [0.25, 0.3) is 7.52 Å². The van der Waals surface area contributed by atoms with Crippen molar-refractivity contribution in [3.63, 3.8) is 0 Å². The number of nitrogens with zero attached hydrogens (tertiary/aromatic N) is 4. The highest BCUT2D eigenvalue weighted by Crippen LogP contribution is 2.45. The lowest BCUT2D eigenvalue weighted by atomic mass is 10.1. The number of aromatic nitrogens is 4. The summed E-state index contributed by atoms with van der Waals surface area (Å²) >= 11 is 0. The molecule has 39 heavy (non-hydrogen) atoms. The average Bonchev–Trinajstić information content (AvgIpc) is 3.30. The van der Waals surface area contributed by atoms with E-state index in [1.165, 1.54) is 18.5 Å². The third-order valence-corrected chi connectivity index (χ3v) is 7.66. The second-order valence-electron chi connectivity index (χ2n) is 9.57. The second-order valence-corrected chi connectivity index (χ2v) is 11.7. The molecule has 0 aliphatic carbocycles. The molecule has 0 fully saturated rings. The fourth-order valence-corrected chi connectivity index (χ4v) is 5.69. The predicted octanol–water partition coefficient (Wildman–Crippen LogP) is 3.24. The number of imidazole rings is 1. The summed E-state index contributed by atoms with van der Waals surface area (Å²) in [5.74, 6) is -1.35. The first kappa shape index (κ1) is 30.2. The third-order valence-electron chi connectivity index (χ3n) is 5.67. The molecule has 2 aromatic heterocycles. The molecule has 0 aliphatic rings. The van der Waals surface area contributed by atoms with Crippen molar-refractivity contribution in [3.8, 4) is 0 Å². The molecule has 3 aromatic rings. The van der Waals surface area contributed by atoms with E-state index in [4.69, 9.17) is 19.7 Å². The van der Waals surface area contributed by atoms with Crippen LogP contribution < -0.4 is 10.8 Å². The van der Waals surface area contributed by atoms with Gasteiger partial charge in [-0.15, -0.1) is 0 Å². The number of nitrogens with one attached hydrogen (secondary N) is 1. The van der Waals surface area contributed by atoms with Crippen LogP contribution in [0.5, 0.6) is 0 Å². The zero-order valence-corrected chi connectivity index (χ0v) is 23.4. The molecule has 3 rings (SSSR count). The summed E-state index contributed by atoms with van der Waals surface area (Å²) < 4.78 is 32.6. The summed E-state index contributed by atoms with van der Waals surface area (Å²) in [6.07, 6.45) is 3.08. The van der Waals surface area contributed by atoms with E-state index in [1.807, 2.05) is 6.92 Å². The molecule has 0 radical (unpaired) electrons. The number of fused-ring (bicyclic) bond motifs is 1. The minimum absolute atomic E-state index is 0.00641. The summed E-state index contributed by atoms with van der Waals surface area (Å²) in [4.78, 5) is 36.3. The van der Waals surface area contributed by atoms with Crippen molar-refractivity contribution >= 4 is 36.4 Å². The maximum absolute atomic E-state index is 13.9. The summed E-state index contributed by atoms with van der Waals surface area (Å²) in [5.41, 5.74) is 6.39. The molecular weight excluding hydrogens is 527 g/mol. The number of carboxylic acid groups (broad SMARTS) is 1. The molecule has 14 heteroatoms. The maximum atomic E-state index is 13.9. The molecule has 0 spiro atoms. The van der Waals surface area contributed by atoms with Gasteiger partial charge in [0.15, 0.2) is 11.5 Å². The first-order valence-corrected chi connectivity index (χ1v) is 14.3. The molecule has 0 aliphatic heterocycles. The van der Waals surface area contributed by atoms with Gasteiger partial charge in [-0.05, 0) is 51.3 Å². The molecule has 0 amide bonds. The second kappa shape index (κ2) is 13.1.